The fourth-order valence-corrected chi connectivity index (χ4v) is 7.18. The number of rotatable bonds is 7. The minimum absolute atomic E-state index is 0.0575. The molecule has 2 atom stereocenters. The Balaban J connectivity index is 2.93. The Morgan fingerprint density at radius 1 is 1.52 bits per heavy atom. The van der Waals surface area contributed by atoms with Gasteiger partial charge in [0.25, 0.3) is 5.24 Å². The highest BCUT2D eigenvalue weighted by molar-refractivity contribution is 8.57. The third-order valence-electron chi connectivity index (χ3n) is 2.77. The number of furan rings is 1. The molecular weight excluding hydrogens is 331 g/mol. The quantitative estimate of drug-likeness (QED) is 0.418. The van der Waals surface area contributed by atoms with Crippen LogP contribution < -0.4 is 0 Å². The minimum Gasteiger partial charge on any atom is -0.458 e. The molecule has 1 rings (SSSR count). The summed E-state index contributed by atoms with van der Waals surface area (Å²) in [7, 11) is 2.86. The predicted molar refractivity (Wildman–Crippen MR) is 86.5 cm³/mol. The topological polar surface area (TPSA) is 70.8 Å². The van der Waals surface area contributed by atoms with Crippen LogP contribution in [0.25, 0.3) is 0 Å². The van der Waals surface area contributed by atoms with Crippen LogP contribution in [0.5, 0.6) is 0 Å². The molecule has 0 bridgehead atoms. The number of thioether (sulfide) groups is 1. The summed E-state index contributed by atoms with van der Waals surface area (Å²) in [5.74, 6) is 0. The molecule has 0 spiro atoms. The molecule has 2 amide bonds. The number of nitrogens with zero attached hydrogens (tertiary/aromatic N) is 2. The SMILES string of the molecule is CCC(C)SP(=O)(N(C)C=O)N(C)C(=O)Sc1ccco1. The molecule has 118 valence electrons. The number of hydrogen-bond donors (Lipinski definition) is 0. The van der Waals surface area contributed by atoms with Gasteiger partial charge in [-0.05, 0) is 18.6 Å². The fraction of sp³-hybridized carbons (Fsp3) is 0.500. The van der Waals surface area contributed by atoms with Crippen molar-refractivity contribution < 1.29 is 18.6 Å². The second-order valence-electron chi connectivity index (χ2n) is 4.32. The predicted octanol–water partition coefficient (Wildman–Crippen LogP) is 4.15. The summed E-state index contributed by atoms with van der Waals surface area (Å²) >= 11 is 1.98. The first-order chi connectivity index (χ1) is 9.85. The highest BCUT2D eigenvalue weighted by atomic mass is 32.7. The molecule has 0 radical (unpaired) electrons. The first kappa shape index (κ1) is 18.2. The maximum Gasteiger partial charge on any atom is 0.323 e. The Hall–Kier alpha value is -0.850. The van der Waals surface area contributed by atoms with Gasteiger partial charge in [-0.1, -0.05) is 25.2 Å². The molecule has 0 aliphatic rings. The zero-order valence-corrected chi connectivity index (χ0v) is 14.9. The molecule has 0 aliphatic heterocycles. The van der Waals surface area contributed by atoms with Crippen molar-refractivity contribution in [2.45, 2.75) is 30.6 Å². The van der Waals surface area contributed by atoms with Crippen molar-refractivity contribution in [1.29, 1.82) is 0 Å². The van der Waals surface area contributed by atoms with Crippen molar-refractivity contribution in [3.63, 3.8) is 0 Å². The molecule has 6 nitrogen and oxygen atoms in total. The van der Waals surface area contributed by atoms with Gasteiger partial charge in [0.15, 0.2) is 5.09 Å². The lowest BCUT2D eigenvalue weighted by atomic mass is 10.4. The average molecular weight is 350 g/mol. The summed E-state index contributed by atoms with van der Waals surface area (Å²) in [6.45, 7) is 0.526. The van der Waals surface area contributed by atoms with Crippen molar-refractivity contribution in [3.8, 4) is 0 Å². The molecule has 1 aromatic heterocycles. The third-order valence-corrected chi connectivity index (χ3v) is 10.00. The molecule has 0 saturated carbocycles. The Bertz CT molecular complexity index is 523. The number of carbonyl (C=O) groups is 2. The van der Waals surface area contributed by atoms with Gasteiger partial charge >= 0.3 is 6.65 Å². The monoisotopic (exact) mass is 350 g/mol. The summed E-state index contributed by atoms with van der Waals surface area (Å²) in [5.41, 5.74) is 0. The van der Waals surface area contributed by atoms with Gasteiger partial charge in [0.2, 0.25) is 6.41 Å². The second-order valence-corrected chi connectivity index (χ2v) is 10.6. The maximum absolute atomic E-state index is 13.1. The minimum atomic E-state index is -3.35. The van der Waals surface area contributed by atoms with Gasteiger partial charge in [0, 0.05) is 31.1 Å². The van der Waals surface area contributed by atoms with Gasteiger partial charge in [0.1, 0.15) is 0 Å². The van der Waals surface area contributed by atoms with E-state index in [2.05, 4.69) is 0 Å². The van der Waals surface area contributed by atoms with E-state index in [0.29, 0.717) is 11.5 Å². The summed E-state index contributed by atoms with van der Waals surface area (Å²) in [6, 6.07) is 3.31. The van der Waals surface area contributed by atoms with E-state index in [1.165, 1.54) is 20.4 Å². The van der Waals surface area contributed by atoms with Crippen LogP contribution in [0.3, 0.4) is 0 Å². The van der Waals surface area contributed by atoms with E-state index in [9.17, 15) is 14.2 Å². The van der Waals surface area contributed by atoms with Gasteiger partial charge in [-0.2, -0.15) is 0 Å². The van der Waals surface area contributed by atoms with E-state index in [-0.39, 0.29) is 5.25 Å². The highest BCUT2D eigenvalue weighted by Gasteiger charge is 2.38. The van der Waals surface area contributed by atoms with Crippen molar-refractivity contribution in [1.82, 2.24) is 9.34 Å². The van der Waals surface area contributed by atoms with Crippen LogP contribution in [-0.2, 0) is 9.36 Å². The second kappa shape index (κ2) is 7.96. The van der Waals surface area contributed by atoms with Gasteiger partial charge in [0.05, 0.1) is 6.26 Å². The molecule has 1 heterocycles. The lowest BCUT2D eigenvalue weighted by Crippen LogP contribution is -2.27. The van der Waals surface area contributed by atoms with Gasteiger partial charge < -0.3 is 4.42 Å². The van der Waals surface area contributed by atoms with Crippen LogP contribution in [0.2, 0.25) is 0 Å². The lowest BCUT2D eigenvalue weighted by Gasteiger charge is -2.33. The smallest absolute Gasteiger partial charge is 0.323 e. The normalized spacial score (nSPS) is 15.0. The van der Waals surface area contributed by atoms with Crippen LogP contribution in [0.1, 0.15) is 20.3 Å². The molecule has 0 saturated heterocycles. The molecular formula is C12H19N2O4PS2. The molecule has 0 aromatic carbocycles. The molecule has 2 unspecified atom stereocenters. The number of carbonyl (C=O) groups excluding carboxylic acids is 2. The van der Waals surface area contributed by atoms with Crippen LogP contribution in [0.4, 0.5) is 4.79 Å². The first-order valence-electron chi connectivity index (χ1n) is 6.31. The van der Waals surface area contributed by atoms with Crippen LogP contribution in [0.15, 0.2) is 27.9 Å². The molecule has 0 fully saturated rings. The third kappa shape index (κ3) is 4.56. The van der Waals surface area contributed by atoms with Crippen molar-refractivity contribution in [2.75, 3.05) is 14.1 Å². The summed E-state index contributed by atoms with van der Waals surface area (Å²) in [5, 5.41) is 0.0422. The Morgan fingerprint density at radius 3 is 2.67 bits per heavy atom. The summed E-state index contributed by atoms with van der Waals surface area (Å²) in [6.07, 6.45) is 2.73. The van der Waals surface area contributed by atoms with E-state index < -0.39 is 11.9 Å². The van der Waals surface area contributed by atoms with Crippen LogP contribution in [0, 0.1) is 0 Å². The van der Waals surface area contributed by atoms with E-state index >= 15 is 0 Å². The Morgan fingerprint density at radius 2 is 2.19 bits per heavy atom. The van der Waals surface area contributed by atoms with E-state index in [0.717, 1.165) is 38.9 Å². The van der Waals surface area contributed by atoms with Gasteiger partial charge in [-0.25, -0.2) is 0 Å². The first-order valence-corrected chi connectivity index (χ1v) is 10.2. The Kier molecular flexibility index (Phi) is 6.90. The van der Waals surface area contributed by atoms with Crippen molar-refractivity contribution in [3.05, 3.63) is 18.4 Å². The Labute approximate surface area is 132 Å². The van der Waals surface area contributed by atoms with Gasteiger partial charge in [-0.15, -0.1) is 0 Å². The van der Waals surface area contributed by atoms with Crippen molar-refractivity contribution >= 4 is 41.4 Å². The fourth-order valence-electron chi connectivity index (χ4n) is 1.30. The lowest BCUT2D eigenvalue weighted by molar-refractivity contribution is -0.113. The van der Waals surface area contributed by atoms with Crippen molar-refractivity contribution in [2.24, 2.45) is 0 Å². The highest BCUT2D eigenvalue weighted by Crippen LogP contribution is 2.65. The zero-order chi connectivity index (χ0) is 16.0. The van der Waals surface area contributed by atoms with Crippen LogP contribution in [-0.4, -0.2) is 40.3 Å². The number of hydrogen-bond acceptors (Lipinski definition) is 6. The standard InChI is InChI=1S/C12H19N2O4PS2/c1-5-10(2)21-19(17,13(3)9-15)14(4)12(16)20-11-7-6-8-18-11/h6-10H,5H2,1-4H3. The maximum atomic E-state index is 13.1. The average Bonchev–Trinajstić information content (AvgIpc) is 2.97. The summed E-state index contributed by atoms with van der Waals surface area (Å²) < 4.78 is 20.4. The molecule has 0 N–H and O–H groups in total. The zero-order valence-electron chi connectivity index (χ0n) is 12.4. The van der Waals surface area contributed by atoms with Gasteiger partial charge in [-0.3, -0.25) is 23.5 Å². The largest absolute Gasteiger partial charge is 0.458 e. The molecule has 9 heteroatoms. The molecule has 1 aromatic rings. The van der Waals surface area contributed by atoms with E-state index in [1.54, 1.807) is 12.1 Å². The van der Waals surface area contributed by atoms with E-state index in [4.69, 9.17) is 4.42 Å². The number of amides is 2. The van der Waals surface area contributed by atoms with E-state index in [1.807, 2.05) is 13.8 Å². The summed E-state index contributed by atoms with van der Waals surface area (Å²) in [4.78, 5) is 23.3. The molecule has 0 aliphatic carbocycles. The molecule has 21 heavy (non-hydrogen) atoms. The van der Waals surface area contributed by atoms with Crippen LogP contribution >= 0.6 is 29.8 Å².